The first kappa shape index (κ1) is 21.6. The number of aliphatic hydroxyl groups is 2. The molecule has 0 aliphatic heterocycles. The third-order valence-corrected chi connectivity index (χ3v) is 6.08. The molecule has 2 N–H and O–H groups in total. The highest BCUT2D eigenvalue weighted by atomic mass is 16.5. The molecule has 2 aliphatic carbocycles. The fraction of sp³-hybridized carbons (Fsp3) is 0.714. The molecular weight excluding hydrogens is 348 g/mol. The van der Waals surface area contributed by atoms with Crippen molar-refractivity contribution in [3.63, 3.8) is 0 Å². The zero-order valence-corrected chi connectivity index (χ0v) is 16.9. The average molecular weight is 380 g/mol. The van der Waals surface area contributed by atoms with Crippen molar-refractivity contribution in [2.45, 2.75) is 65.3 Å². The Bertz CT molecular complexity index is 637. The highest BCUT2D eigenvalue weighted by molar-refractivity contribution is 5.88. The van der Waals surface area contributed by atoms with Gasteiger partial charge in [-0.25, -0.2) is 4.79 Å². The summed E-state index contributed by atoms with van der Waals surface area (Å²) in [6.45, 7) is 11.5. The van der Waals surface area contributed by atoms with Crippen LogP contribution in [-0.2, 0) is 19.1 Å². The van der Waals surface area contributed by atoms with Crippen LogP contribution in [0.2, 0.25) is 0 Å². The van der Waals surface area contributed by atoms with Crippen LogP contribution in [0.5, 0.6) is 0 Å². The number of ether oxygens (including phenoxy) is 2. The molecule has 0 heterocycles. The van der Waals surface area contributed by atoms with Crippen LogP contribution in [0.25, 0.3) is 0 Å². The number of rotatable bonds is 5. The standard InChI is InChI=1S/C21H32O6/c1-11(2)9-16(23)27-14-10-21(5)15(22)8-7-12(3)18(21)19(24)17(14)13(4)20(25)26-6/h7,11,14-15,17-19,22,24H,4,8-10H2,1-3,5-6H3. The Morgan fingerprint density at radius 1 is 1.37 bits per heavy atom. The lowest BCUT2D eigenvalue weighted by Gasteiger charge is -2.54. The molecular formula is C21H32O6. The van der Waals surface area contributed by atoms with Crippen LogP contribution in [0, 0.1) is 23.2 Å². The van der Waals surface area contributed by atoms with Crippen LogP contribution in [0.1, 0.15) is 47.0 Å². The summed E-state index contributed by atoms with van der Waals surface area (Å²) in [5.41, 5.74) is 0.390. The van der Waals surface area contributed by atoms with Crippen molar-refractivity contribution < 1.29 is 29.3 Å². The minimum atomic E-state index is -1.02. The predicted octanol–water partition coefficient (Wildman–Crippen LogP) is 2.39. The summed E-state index contributed by atoms with van der Waals surface area (Å²) in [5.74, 6) is -2.02. The Morgan fingerprint density at radius 3 is 2.56 bits per heavy atom. The smallest absolute Gasteiger partial charge is 0.333 e. The SMILES string of the molecule is C=C(C(=O)OC)C1C(OC(=O)CC(C)C)CC2(C)C(O)CC=C(C)C2C1O. The molecule has 6 heteroatoms. The van der Waals surface area contributed by atoms with Gasteiger partial charge < -0.3 is 19.7 Å². The van der Waals surface area contributed by atoms with Crippen LogP contribution in [0.4, 0.5) is 0 Å². The second kappa shape index (κ2) is 8.15. The monoisotopic (exact) mass is 380 g/mol. The van der Waals surface area contributed by atoms with Gasteiger partial charge in [-0.2, -0.15) is 0 Å². The third-order valence-electron chi connectivity index (χ3n) is 6.08. The minimum Gasteiger partial charge on any atom is -0.466 e. The Hall–Kier alpha value is -1.66. The maximum atomic E-state index is 12.3. The molecule has 2 rings (SSSR count). The Kier molecular flexibility index (Phi) is 6.53. The molecule has 6 atom stereocenters. The largest absolute Gasteiger partial charge is 0.466 e. The van der Waals surface area contributed by atoms with Gasteiger partial charge in [-0.05, 0) is 25.7 Å². The van der Waals surface area contributed by atoms with E-state index in [0.717, 1.165) is 5.57 Å². The van der Waals surface area contributed by atoms with Crippen molar-refractivity contribution in [1.29, 1.82) is 0 Å². The van der Waals surface area contributed by atoms with E-state index in [4.69, 9.17) is 9.47 Å². The van der Waals surface area contributed by atoms with Crippen LogP contribution >= 0.6 is 0 Å². The van der Waals surface area contributed by atoms with Crippen molar-refractivity contribution in [2.24, 2.45) is 23.2 Å². The second-order valence-corrected chi connectivity index (χ2v) is 8.55. The van der Waals surface area contributed by atoms with Gasteiger partial charge in [0.2, 0.25) is 0 Å². The number of methoxy groups -OCH3 is 1. The second-order valence-electron chi connectivity index (χ2n) is 8.55. The molecule has 0 bridgehead atoms. The number of hydrogen-bond donors (Lipinski definition) is 2. The van der Waals surface area contributed by atoms with E-state index < -0.39 is 35.6 Å². The van der Waals surface area contributed by atoms with Crippen LogP contribution < -0.4 is 0 Å². The molecule has 0 spiro atoms. The number of aliphatic hydroxyl groups excluding tert-OH is 2. The van der Waals surface area contributed by atoms with E-state index in [1.165, 1.54) is 7.11 Å². The summed E-state index contributed by atoms with van der Waals surface area (Å²) < 4.78 is 10.5. The van der Waals surface area contributed by atoms with Crippen LogP contribution in [0.3, 0.4) is 0 Å². The molecule has 152 valence electrons. The van der Waals surface area contributed by atoms with E-state index in [-0.39, 0.29) is 29.8 Å². The third kappa shape index (κ3) is 4.11. The quantitative estimate of drug-likeness (QED) is 0.432. The zero-order chi connectivity index (χ0) is 20.5. The van der Waals surface area contributed by atoms with E-state index in [2.05, 4.69) is 6.58 Å². The summed E-state index contributed by atoms with van der Waals surface area (Å²) in [5, 5.41) is 21.9. The van der Waals surface area contributed by atoms with E-state index in [1.54, 1.807) is 0 Å². The molecule has 2 aliphatic rings. The maximum Gasteiger partial charge on any atom is 0.333 e. The van der Waals surface area contributed by atoms with Gasteiger partial charge in [0.1, 0.15) is 6.10 Å². The molecule has 0 aromatic carbocycles. The average Bonchev–Trinajstić information content (AvgIpc) is 2.56. The lowest BCUT2D eigenvalue weighted by atomic mass is 9.54. The first-order valence-electron chi connectivity index (χ1n) is 9.52. The molecule has 6 unspecified atom stereocenters. The summed E-state index contributed by atoms with van der Waals surface area (Å²) in [6.07, 6.45) is 0.555. The zero-order valence-electron chi connectivity index (χ0n) is 16.9. The number of carbonyl (C=O) groups is 2. The Labute approximate surface area is 161 Å². The van der Waals surface area contributed by atoms with Crippen molar-refractivity contribution in [1.82, 2.24) is 0 Å². The van der Waals surface area contributed by atoms with Gasteiger partial charge in [0.25, 0.3) is 0 Å². The van der Waals surface area contributed by atoms with Gasteiger partial charge in [0.15, 0.2) is 0 Å². The van der Waals surface area contributed by atoms with E-state index >= 15 is 0 Å². The van der Waals surface area contributed by atoms with Gasteiger partial charge in [-0.1, -0.05) is 39.0 Å². The first-order chi connectivity index (χ1) is 12.5. The topological polar surface area (TPSA) is 93.1 Å². The lowest BCUT2D eigenvalue weighted by molar-refractivity contribution is -0.179. The molecule has 0 aromatic heterocycles. The molecule has 0 aromatic rings. The fourth-order valence-corrected chi connectivity index (χ4v) is 4.69. The molecule has 0 amide bonds. The van der Waals surface area contributed by atoms with Crippen molar-refractivity contribution in [2.75, 3.05) is 7.11 Å². The molecule has 0 radical (unpaired) electrons. The molecule has 1 saturated carbocycles. The number of carbonyl (C=O) groups excluding carboxylic acids is 2. The Morgan fingerprint density at radius 2 is 2.00 bits per heavy atom. The maximum absolute atomic E-state index is 12.3. The molecule has 27 heavy (non-hydrogen) atoms. The minimum absolute atomic E-state index is 0.0854. The summed E-state index contributed by atoms with van der Waals surface area (Å²) >= 11 is 0. The fourth-order valence-electron chi connectivity index (χ4n) is 4.69. The predicted molar refractivity (Wildman–Crippen MR) is 101 cm³/mol. The molecule has 1 fully saturated rings. The van der Waals surface area contributed by atoms with E-state index in [0.29, 0.717) is 12.8 Å². The van der Waals surface area contributed by atoms with Crippen molar-refractivity contribution in [3.8, 4) is 0 Å². The number of fused-ring (bicyclic) bond motifs is 1. The van der Waals surface area contributed by atoms with E-state index in [1.807, 2.05) is 33.8 Å². The highest BCUT2D eigenvalue weighted by Gasteiger charge is 2.57. The Balaban J connectivity index is 2.41. The van der Waals surface area contributed by atoms with Gasteiger partial charge >= 0.3 is 11.9 Å². The molecule has 0 saturated heterocycles. The summed E-state index contributed by atoms with van der Waals surface area (Å²) in [7, 11) is 1.25. The van der Waals surface area contributed by atoms with Gasteiger partial charge in [-0.3, -0.25) is 4.79 Å². The van der Waals surface area contributed by atoms with Crippen molar-refractivity contribution >= 4 is 11.9 Å². The van der Waals surface area contributed by atoms with Gasteiger partial charge in [0.05, 0.1) is 25.2 Å². The first-order valence-corrected chi connectivity index (χ1v) is 9.52. The molecule has 6 nitrogen and oxygen atoms in total. The highest BCUT2D eigenvalue weighted by Crippen LogP contribution is 2.54. The number of hydrogen-bond acceptors (Lipinski definition) is 6. The van der Waals surface area contributed by atoms with Crippen LogP contribution in [-0.4, -0.2) is 47.6 Å². The normalized spacial score (nSPS) is 35.9. The summed E-state index contributed by atoms with van der Waals surface area (Å²) in [6, 6.07) is 0. The number of esters is 2. The van der Waals surface area contributed by atoms with Crippen LogP contribution in [0.15, 0.2) is 23.8 Å². The van der Waals surface area contributed by atoms with Gasteiger partial charge in [0, 0.05) is 23.3 Å². The summed E-state index contributed by atoms with van der Waals surface area (Å²) in [4.78, 5) is 24.4. The van der Waals surface area contributed by atoms with Gasteiger partial charge in [-0.15, -0.1) is 0 Å². The van der Waals surface area contributed by atoms with Crippen molar-refractivity contribution in [3.05, 3.63) is 23.8 Å². The van der Waals surface area contributed by atoms with E-state index in [9.17, 15) is 19.8 Å². The lowest BCUT2D eigenvalue weighted by Crippen LogP contribution is -2.59.